The minimum Gasteiger partial charge on any atom is -0.321 e. The Bertz CT molecular complexity index is 1050. The van der Waals surface area contributed by atoms with Crippen molar-refractivity contribution < 1.29 is 8.42 Å². The van der Waals surface area contributed by atoms with E-state index >= 15 is 0 Å². The Morgan fingerprint density at radius 2 is 2.08 bits per heavy atom. The van der Waals surface area contributed by atoms with E-state index in [0.29, 0.717) is 23.6 Å². The molecule has 1 atom stereocenters. The number of nitrogens with zero attached hydrogens (tertiary/aromatic N) is 3. The van der Waals surface area contributed by atoms with Gasteiger partial charge in [-0.05, 0) is 18.6 Å². The summed E-state index contributed by atoms with van der Waals surface area (Å²) >= 11 is 0. The zero-order chi connectivity index (χ0) is 17.5. The van der Waals surface area contributed by atoms with Gasteiger partial charge in [0.15, 0.2) is 9.84 Å². The molecule has 2 aromatic heterocycles. The van der Waals surface area contributed by atoms with E-state index in [1.165, 1.54) is 16.8 Å². The highest BCUT2D eigenvalue weighted by atomic mass is 32.2. The summed E-state index contributed by atoms with van der Waals surface area (Å²) in [5.74, 6) is 0.738. The highest BCUT2D eigenvalue weighted by Crippen LogP contribution is 2.22. The summed E-state index contributed by atoms with van der Waals surface area (Å²) < 4.78 is 25.4. The highest BCUT2D eigenvalue weighted by Gasteiger charge is 2.22. The first-order chi connectivity index (χ1) is 11.3. The van der Waals surface area contributed by atoms with Crippen LogP contribution in [0.5, 0.6) is 0 Å². The normalized spacial score (nSPS) is 13.3. The van der Waals surface area contributed by atoms with Crippen LogP contribution in [0.1, 0.15) is 25.2 Å². The van der Waals surface area contributed by atoms with E-state index in [0.717, 1.165) is 6.26 Å². The highest BCUT2D eigenvalue weighted by molar-refractivity contribution is 7.91. The maximum absolute atomic E-state index is 13.1. The van der Waals surface area contributed by atoms with Crippen molar-refractivity contribution in [1.82, 2.24) is 19.7 Å². The molecular formula is C15H17N5O3S. The second-order valence-corrected chi connectivity index (χ2v) is 7.47. The Morgan fingerprint density at radius 3 is 2.67 bits per heavy atom. The van der Waals surface area contributed by atoms with Gasteiger partial charge in [-0.25, -0.2) is 18.0 Å². The molecule has 0 amide bonds. The minimum absolute atomic E-state index is 0.0432. The summed E-state index contributed by atoms with van der Waals surface area (Å²) in [6.07, 6.45) is 3.13. The van der Waals surface area contributed by atoms with Crippen molar-refractivity contribution in [3.05, 3.63) is 46.6 Å². The van der Waals surface area contributed by atoms with Gasteiger partial charge in [-0.2, -0.15) is 5.10 Å². The molecule has 0 fully saturated rings. The van der Waals surface area contributed by atoms with Crippen LogP contribution in [0.25, 0.3) is 16.7 Å². The third-order valence-corrected chi connectivity index (χ3v) is 4.92. The molecule has 0 radical (unpaired) electrons. The summed E-state index contributed by atoms with van der Waals surface area (Å²) in [4.78, 5) is 17.5. The Hall–Kier alpha value is -2.52. The maximum atomic E-state index is 13.1. The monoisotopic (exact) mass is 347 g/mol. The third kappa shape index (κ3) is 2.61. The van der Waals surface area contributed by atoms with Gasteiger partial charge in [-0.1, -0.05) is 13.0 Å². The van der Waals surface area contributed by atoms with Crippen LogP contribution < -0.4 is 11.3 Å². The van der Waals surface area contributed by atoms with Crippen molar-refractivity contribution in [2.24, 2.45) is 5.73 Å². The zero-order valence-electron chi connectivity index (χ0n) is 13.2. The number of nitrogens with two attached hydrogens (primary N) is 1. The van der Waals surface area contributed by atoms with Crippen LogP contribution in [0.15, 0.2) is 40.2 Å². The SMILES string of the molecule is CC[C@H](N)c1nc2cccc(S(C)(=O)=O)c2c(=O)n1-c1ccn[nH]1. The second kappa shape index (κ2) is 5.84. The van der Waals surface area contributed by atoms with E-state index in [-0.39, 0.29) is 10.3 Å². The van der Waals surface area contributed by atoms with Gasteiger partial charge in [0.1, 0.15) is 11.6 Å². The average molecular weight is 347 g/mol. The zero-order valence-corrected chi connectivity index (χ0v) is 14.0. The van der Waals surface area contributed by atoms with Crippen molar-refractivity contribution in [2.75, 3.05) is 6.26 Å². The third-order valence-electron chi connectivity index (χ3n) is 3.78. The summed E-state index contributed by atoms with van der Waals surface area (Å²) in [7, 11) is -3.59. The number of hydrogen-bond acceptors (Lipinski definition) is 6. The van der Waals surface area contributed by atoms with Gasteiger partial charge >= 0.3 is 0 Å². The van der Waals surface area contributed by atoms with Crippen LogP contribution in [0.3, 0.4) is 0 Å². The fraction of sp³-hybridized carbons (Fsp3) is 0.267. The Morgan fingerprint density at radius 1 is 1.33 bits per heavy atom. The topological polar surface area (TPSA) is 124 Å². The number of aromatic amines is 1. The smallest absolute Gasteiger partial charge is 0.268 e. The summed E-state index contributed by atoms with van der Waals surface area (Å²) in [6.45, 7) is 1.88. The molecule has 9 heteroatoms. The van der Waals surface area contributed by atoms with Gasteiger partial charge in [0.25, 0.3) is 5.56 Å². The van der Waals surface area contributed by atoms with E-state index < -0.39 is 21.4 Å². The lowest BCUT2D eigenvalue weighted by molar-refractivity contribution is 0.601. The quantitative estimate of drug-likeness (QED) is 0.723. The molecule has 8 nitrogen and oxygen atoms in total. The standard InChI is InChI=1S/C15H17N5O3S/c1-3-9(16)14-18-10-5-4-6-11(24(2,22)23)13(10)15(21)20(14)12-7-8-17-19-12/h4-9H,3,16H2,1-2H3,(H,17,19)/t9-/m0/s1. The molecule has 24 heavy (non-hydrogen) atoms. The number of nitrogens with one attached hydrogen (secondary N) is 1. The van der Waals surface area contributed by atoms with Crippen LogP contribution in [0, 0.1) is 0 Å². The molecule has 1 aromatic carbocycles. The number of rotatable bonds is 4. The van der Waals surface area contributed by atoms with E-state index in [1.807, 2.05) is 6.92 Å². The molecule has 0 saturated heterocycles. The molecular weight excluding hydrogens is 330 g/mol. The van der Waals surface area contributed by atoms with Crippen LogP contribution in [-0.2, 0) is 9.84 Å². The Kier molecular flexibility index (Phi) is 3.98. The molecule has 0 aliphatic carbocycles. The maximum Gasteiger partial charge on any atom is 0.268 e. The lowest BCUT2D eigenvalue weighted by Gasteiger charge is -2.16. The van der Waals surface area contributed by atoms with Crippen LogP contribution >= 0.6 is 0 Å². The van der Waals surface area contributed by atoms with Crippen molar-refractivity contribution >= 4 is 20.7 Å². The Balaban J connectivity index is 2.51. The van der Waals surface area contributed by atoms with Crippen LogP contribution in [0.4, 0.5) is 0 Å². The van der Waals surface area contributed by atoms with Gasteiger partial charge in [-0.3, -0.25) is 9.89 Å². The predicted octanol–water partition coefficient (Wildman–Crippen LogP) is 0.922. The van der Waals surface area contributed by atoms with Crippen LogP contribution in [0.2, 0.25) is 0 Å². The summed E-state index contributed by atoms with van der Waals surface area (Å²) in [5.41, 5.74) is 5.92. The number of hydrogen-bond donors (Lipinski definition) is 2. The molecule has 0 saturated carbocycles. The van der Waals surface area contributed by atoms with Gasteiger partial charge in [0.05, 0.1) is 28.0 Å². The lowest BCUT2D eigenvalue weighted by atomic mass is 10.2. The molecule has 3 N–H and O–H groups in total. The van der Waals surface area contributed by atoms with Gasteiger partial charge in [0.2, 0.25) is 0 Å². The minimum atomic E-state index is -3.59. The summed E-state index contributed by atoms with van der Waals surface area (Å²) in [5, 5.41) is 6.59. The van der Waals surface area contributed by atoms with Crippen molar-refractivity contribution in [2.45, 2.75) is 24.3 Å². The molecule has 0 bridgehead atoms. The molecule has 126 valence electrons. The second-order valence-electron chi connectivity index (χ2n) is 5.49. The molecule has 0 unspecified atom stereocenters. The lowest BCUT2D eigenvalue weighted by Crippen LogP contribution is -2.29. The first kappa shape index (κ1) is 16.3. The van der Waals surface area contributed by atoms with Gasteiger partial charge < -0.3 is 5.73 Å². The first-order valence-corrected chi connectivity index (χ1v) is 9.24. The van der Waals surface area contributed by atoms with E-state index in [9.17, 15) is 13.2 Å². The molecule has 3 aromatic rings. The van der Waals surface area contributed by atoms with Gasteiger partial charge in [0, 0.05) is 12.3 Å². The fourth-order valence-electron chi connectivity index (χ4n) is 2.56. The predicted molar refractivity (Wildman–Crippen MR) is 89.8 cm³/mol. The largest absolute Gasteiger partial charge is 0.321 e. The molecule has 0 aliphatic heterocycles. The van der Waals surface area contributed by atoms with Crippen molar-refractivity contribution in [3.63, 3.8) is 0 Å². The van der Waals surface area contributed by atoms with Gasteiger partial charge in [-0.15, -0.1) is 0 Å². The van der Waals surface area contributed by atoms with E-state index in [4.69, 9.17) is 5.73 Å². The van der Waals surface area contributed by atoms with Crippen molar-refractivity contribution in [3.8, 4) is 5.82 Å². The van der Waals surface area contributed by atoms with Crippen molar-refractivity contribution in [1.29, 1.82) is 0 Å². The number of H-pyrrole nitrogens is 1. The molecule has 0 spiro atoms. The number of aromatic nitrogens is 4. The molecule has 0 aliphatic rings. The first-order valence-electron chi connectivity index (χ1n) is 7.35. The van der Waals surface area contributed by atoms with E-state index in [1.54, 1.807) is 18.2 Å². The average Bonchev–Trinajstić information content (AvgIpc) is 3.06. The number of benzene rings is 1. The molecule has 3 rings (SSSR count). The van der Waals surface area contributed by atoms with Crippen LogP contribution in [-0.4, -0.2) is 34.4 Å². The van der Waals surface area contributed by atoms with E-state index in [2.05, 4.69) is 15.2 Å². The molecule has 2 heterocycles. The number of fused-ring (bicyclic) bond motifs is 1. The number of sulfone groups is 1. The summed E-state index contributed by atoms with van der Waals surface area (Å²) in [6, 6.07) is 5.69. The Labute approximate surface area is 138 Å². The fourth-order valence-corrected chi connectivity index (χ4v) is 3.45.